The lowest BCUT2D eigenvalue weighted by atomic mass is 10.3. The second-order valence-electron chi connectivity index (χ2n) is 1.45. The lowest BCUT2D eigenvalue weighted by Crippen LogP contribution is -2.22. The minimum absolute atomic E-state index is 0. The van der Waals surface area contributed by atoms with E-state index in [1.54, 1.807) is 0 Å². The Morgan fingerprint density at radius 1 is 1.00 bits per heavy atom. The molecule has 9 heteroatoms. The lowest BCUT2D eigenvalue weighted by Gasteiger charge is -1.97. The molecule has 0 aliphatic rings. The van der Waals surface area contributed by atoms with Crippen LogP contribution in [0.2, 0.25) is 0 Å². The van der Waals surface area contributed by atoms with Crippen LogP contribution in [-0.2, 0) is 9.59 Å². The van der Waals surface area contributed by atoms with Crippen molar-refractivity contribution < 1.29 is 24.9 Å². The van der Waals surface area contributed by atoms with E-state index in [4.69, 9.17) is 15.3 Å². The van der Waals surface area contributed by atoms with Crippen LogP contribution >= 0.6 is 0 Å². The van der Waals surface area contributed by atoms with Gasteiger partial charge in [-0.2, -0.15) is 0 Å². The van der Waals surface area contributed by atoms with Crippen molar-refractivity contribution in [2.75, 3.05) is 0 Å². The average Bonchev–Trinajstić information content (AvgIpc) is 1.63. The van der Waals surface area contributed by atoms with Crippen molar-refractivity contribution in [1.82, 2.24) is 24.6 Å². The van der Waals surface area contributed by atoms with Gasteiger partial charge in [0.15, 0.2) is 6.10 Å². The molecule has 0 radical (unpaired) electrons. The zero-order valence-corrected chi connectivity index (χ0v) is 7.27. The molecule has 1 unspecified atom stereocenters. The van der Waals surface area contributed by atoms with Crippen LogP contribution in [0.15, 0.2) is 0 Å². The second-order valence-corrected chi connectivity index (χ2v) is 1.45. The van der Waals surface area contributed by atoms with Crippen LogP contribution in [0.1, 0.15) is 6.42 Å². The zero-order chi connectivity index (χ0) is 7.44. The van der Waals surface area contributed by atoms with Gasteiger partial charge in [0.1, 0.15) is 0 Å². The van der Waals surface area contributed by atoms with E-state index >= 15 is 0 Å². The summed E-state index contributed by atoms with van der Waals surface area (Å²) in [4.78, 5) is 19.4. The van der Waals surface area contributed by atoms with Crippen molar-refractivity contribution in [3.63, 3.8) is 0 Å². The monoisotopic (exact) mass is 202 g/mol. The van der Waals surface area contributed by atoms with Gasteiger partial charge < -0.3 is 39.9 Å². The third-order valence-electron chi connectivity index (χ3n) is 0.653. The molecule has 0 rings (SSSR count). The summed E-state index contributed by atoms with van der Waals surface area (Å²) in [6.07, 6.45) is -2.54. The number of rotatable bonds is 3. The van der Waals surface area contributed by atoms with Crippen molar-refractivity contribution in [3.05, 3.63) is 0 Å². The first-order valence-corrected chi connectivity index (χ1v) is 2.16. The Morgan fingerprint density at radius 3 is 1.38 bits per heavy atom. The summed E-state index contributed by atoms with van der Waals surface area (Å²) in [6, 6.07) is 0. The van der Waals surface area contributed by atoms with E-state index in [2.05, 4.69) is 0 Å². The van der Waals surface area contributed by atoms with Crippen LogP contribution in [0.25, 0.3) is 0 Å². The van der Waals surface area contributed by atoms with Crippen molar-refractivity contribution in [3.8, 4) is 0 Å². The third kappa shape index (κ3) is 18.1. The van der Waals surface area contributed by atoms with Crippen LogP contribution in [0.3, 0.4) is 0 Å². The summed E-state index contributed by atoms with van der Waals surface area (Å²) in [5, 5.41) is 24.1. The SMILES string of the molecule is N.N.N.N.O=C(O)CC(O)C(=O)O. The predicted molar refractivity (Wildman–Crippen MR) is 46.0 cm³/mol. The zero-order valence-electron chi connectivity index (χ0n) is 7.27. The predicted octanol–water partition coefficient (Wildman–Crippen LogP) is -0.445. The van der Waals surface area contributed by atoms with Gasteiger partial charge in [-0.05, 0) is 0 Å². The quantitative estimate of drug-likeness (QED) is 0.313. The van der Waals surface area contributed by atoms with Gasteiger partial charge in [0.2, 0.25) is 0 Å². The van der Waals surface area contributed by atoms with Crippen molar-refractivity contribution >= 4 is 11.9 Å². The highest BCUT2D eigenvalue weighted by atomic mass is 16.4. The maximum absolute atomic E-state index is 9.72. The topological polar surface area (TPSA) is 235 Å². The van der Waals surface area contributed by atoms with Gasteiger partial charge in [-0.25, -0.2) is 4.79 Å². The Hall–Kier alpha value is -1.26. The van der Waals surface area contributed by atoms with E-state index in [-0.39, 0.29) is 24.6 Å². The van der Waals surface area contributed by atoms with Gasteiger partial charge in [-0.3, -0.25) is 4.79 Å². The van der Waals surface area contributed by atoms with Gasteiger partial charge in [-0.15, -0.1) is 0 Å². The number of carbonyl (C=O) groups is 2. The van der Waals surface area contributed by atoms with Crippen molar-refractivity contribution in [1.29, 1.82) is 0 Å². The van der Waals surface area contributed by atoms with Gasteiger partial charge in [-0.1, -0.05) is 0 Å². The van der Waals surface area contributed by atoms with Crippen LogP contribution in [0.4, 0.5) is 0 Å². The third-order valence-corrected chi connectivity index (χ3v) is 0.653. The molecule has 84 valence electrons. The molecular formula is C4H18N4O5. The number of hydrogen-bond donors (Lipinski definition) is 7. The summed E-state index contributed by atoms with van der Waals surface area (Å²) in [5.41, 5.74) is 0. The molecule has 0 aromatic rings. The maximum atomic E-state index is 9.72. The first-order valence-electron chi connectivity index (χ1n) is 2.16. The molecule has 0 saturated heterocycles. The number of hydrogen-bond acceptors (Lipinski definition) is 7. The first-order chi connectivity index (χ1) is 4.04. The Balaban J connectivity index is -0.0000000533. The molecule has 9 nitrogen and oxygen atoms in total. The fourth-order valence-electron chi connectivity index (χ4n) is 0.253. The highest BCUT2D eigenvalue weighted by Gasteiger charge is 2.16. The molecule has 0 fully saturated rings. The number of aliphatic carboxylic acids is 2. The van der Waals surface area contributed by atoms with Gasteiger partial charge in [0.05, 0.1) is 6.42 Å². The highest BCUT2D eigenvalue weighted by Crippen LogP contribution is 1.89. The molecule has 0 aliphatic carbocycles. The molecule has 0 saturated carbocycles. The minimum atomic E-state index is -1.79. The normalized spacial score (nSPS) is 8.69. The molecule has 0 aromatic carbocycles. The molecule has 0 heterocycles. The van der Waals surface area contributed by atoms with Crippen LogP contribution in [-0.4, -0.2) is 33.4 Å². The minimum Gasteiger partial charge on any atom is -0.481 e. The fraction of sp³-hybridized carbons (Fsp3) is 0.500. The van der Waals surface area contributed by atoms with E-state index in [1.165, 1.54) is 0 Å². The van der Waals surface area contributed by atoms with E-state index in [0.717, 1.165) is 0 Å². The Kier molecular flexibility index (Phi) is 30.6. The molecule has 0 aromatic heterocycles. The largest absolute Gasteiger partial charge is 0.481 e. The summed E-state index contributed by atoms with van der Waals surface area (Å²) in [6.45, 7) is 0. The van der Waals surface area contributed by atoms with Crippen LogP contribution in [0.5, 0.6) is 0 Å². The molecular weight excluding hydrogens is 184 g/mol. The first kappa shape index (κ1) is 29.8. The van der Waals surface area contributed by atoms with Crippen molar-refractivity contribution in [2.45, 2.75) is 12.5 Å². The van der Waals surface area contributed by atoms with Crippen molar-refractivity contribution in [2.24, 2.45) is 0 Å². The average molecular weight is 202 g/mol. The summed E-state index contributed by atoms with van der Waals surface area (Å²) < 4.78 is 0. The molecule has 15 N–H and O–H groups in total. The van der Waals surface area contributed by atoms with Crippen LogP contribution in [0, 0.1) is 0 Å². The summed E-state index contributed by atoms with van der Waals surface area (Å²) in [7, 11) is 0. The standard InChI is InChI=1S/C4H6O5.4H3N/c5-2(4(8)9)1-3(6)7;;;;/h2,5H,1H2,(H,6,7)(H,8,9);4*1H3. The maximum Gasteiger partial charge on any atom is 0.333 e. The molecule has 0 spiro atoms. The van der Waals surface area contributed by atoms with Gasteiger partial charge in [0, 0.05) is 0 Å². The Morgan fingerprint density at radius 2 is 1.31 bits per heavy atom. The second kappa shape index (κ2) is 13.3. The molecule has 1 atom stereocenters. The lowest BCUT2D eigenvalue weighted by molar-refractivity contribution is -0.152. The number of aliphatic hydroxyl groups is 1. The highest BCUT2D eigenvalue weighted by molar-refractivity contribution is 5.79. The smallest absolute Gasteiger partial charge is 0.333 e. The van der Waals surface area contributed by atoms with E-state index < -0.39 is 24.5 Å². The van der Waals surface area contributed by atoms with Gasteiger partial charge in [0.25, 0.3) is 0 Å². The van der Waals surface area contributed by atoms with E-state index in [9.17, 15) is 9.59 Å². The number of carboxylic acids is 2. The van der Waals surface area contributed by atoms with Crippen LogP contribution < -0.4 is 24.6 Å². The Labute approximate surface area is 75.1 Å². The van der Waals surface area contributed by atoms with Gasteiger partial charge >= 0.3 is 11.9 Å². The number of carboxylic acid groups (broad SMARTS) is 2. The Bertz CT molecular complexity index is 140. The molecule has 13 heavy (non-hydrogen) atoms. The van der Waals surface area contributed by atoms with E-state index in [0.29, 0.717) is 0 Å². The number of aliphatic hydroxyl groups excluding tert-OH is 1. The summed E-state index contributed by atoms with van der Waals surface area (Å²) >= 11 is 0. The molecule has 0 aliphatic heterocycles. The molecule has 0 amide bonds. The fourth-order valence-corrected chi connectivity index (χ4v) is 0.253. The molecule has 0 bridgehead atoms. The van der Waals surface area contributed by atoms with E-state index in [1.807, 2.05) is 0 Å². The summed E-state index contributed by atoms with van der Waals surface area (Å²) in [5.74, 6) is -2.85.